The normalized spacial score (nSPS) is 18.3. The molecule has 0 saturated carbocycles. The molecule has 26 heteroatoms. The molecule has 6 aromatic carbocycles. The predicted molar refractivity (Wildman–Crippen MR) is 379 cm³/mol. The van der Waals surface area contributed by atoms with Gasteiger partial charge in [-0.2, -0.15) is 26.3 Å². The Hall–Kier alpha value is -7.51. The molecule has 5 amide bonds. The molecule has 4 aliphatic heterocycles. The Bertz CT molecular complexity index is 3760. The number of nitrogens with zero attached hydrogens (tertiary/aromatic N) is 6. The average molecular weight is 1470 g/mol. The summed E-state index contributed by atoms with van der Waals surface area (Å²) in [6, 6.07) is 37.9. The second kappa shape index (κ2) is 35.1. The molecule has 0 radical (unpaired) electrons. The molecule has 3 saturated heterocycles. The lowest BCUT2D eigenvalue weighted by molar-refractivity contribution is -0.143. The number of unbranched alkanes of at least 4 members (excludes halogenated alkanes) is 2. The summed E-state index contributed by atoms with van der Waals surface area (Å²) in [4.78, 5) is 78.1. The van der Waals surface area contributed by atoms with Crippen LogP contribution in [0.25, 0.3) is 11.1 Å². The Kier molecular flexibility index (Phi) is 27.5. The SMILES string of the molecule is CN(CCN1CCC(OC(=O)Nc2ccccc2-c2ccccc2)CC1)C(=O)CCCCCNc1ccc2c(c1)CCN(CCCN(C)C(=O)CO[C@H]1Cc3ccccc3C13CCN(CC[C@@]1(c4ccc(F)cc4)CN(C(=O)c4cc(C(F)(F)F)cc(C(F)(F)F)c4)CO1)CC3)C2=O.Cl.Cl.Cl. The largest absolute Gasteiger partial charge is 0.446 e. The number of carbonyl (C=O) groups excluding carboxylic acids is 5. The fraction of sp³-hybridized carbons (Fsp3) is 0.453. The van der Waals surface area contributed by atoms with Crippen LogP contribution < -0.4 is 10.6 Å². The van der Waals surface area contributed by atoms with Gasteiger partial charge in [0.2, 0.25) is 11.8 Å². The van der Waals surface area contributed by atoms with Crippen molar-refractivity contribution in [2.45, 2.75) is 113 Å². The topological polar surface area (TPSA) is 157 Å². The second-order valence-corrected chi connectivity index (χ2v) is 26.6. The molecular weight excluding hydrogens is 1380 g/mol. The molecule has 11 rings (SSSR count). The summed E-state index contributed by atoms with van der Waals surface area (Å²) in [6.45, 7) is 6.04. The first kappa shape index (κ1) is 79.2. The van der Waals surface area contributed by atoms with E-state index in [-0.39, 0.29) is 92.8 Å². The van der Waals surface area contributed by atoms with E-state index in [1.165, 1.54) is 29.8 Å². The Morgan fingerprint density at radius 3 is 2.04 bits per heavy atom. The van der Waals surface area contributed by atoms with Gasteiger partial charge in [0.1, 0.15) is 30.9 Å². The summed E-state index contributed by atoms with van der Waals surface area (Å²) in [5.74, 6) is -1.69. The lowest BCUT2D eigenvalue weighted by Crippen LogP contribution is -2.50. The van der Waals surface area contributed by atoms with E-state index in [1.54, 1.807) is 16.8 Å². The molecule has 2 N–H and O–H groups in total. The predicted octanol–water partition coefficient (Wildman–Crippen LogP) is 14.2. The van der Waals surface area contributed by atoms with Gasteiger partial charge in [-0.25, -0.2) is 9.18 Å². The van der Waals surface area contributed by atoms with Crippen molar-refractivity contribution in [3.8, 4) is 11.1 Å². The number of hydrogen-bond acceptors (Lipinski definition) is 11. The maximum absolute atomic E-state index is 14.3. The van der Waals surface area contributed by atoms with Gasteiger partial charge < -0.3 is 48.9 Å². The number of para-hydroxylation sites is 1. The number of amides is 5. The molecule has 16 nitrogen and oxygen atoms in total. The number of halogens is 10. The van der Waals surface area contributed by atoms with E-state index in [4.69, 9.17) is 14.2 Å². The van der Waals surface area contributed by atoms with Crippen LogP contribution in [0.15, 0.2) is 140 Å². The molecule has 546 valence electrons. The van der Waals surface area contributed by atoms with Gasteiger partial charge in [0.15, 0.2) is 0 Å². The van der Waals surface area contributed by atoms with E-state index in [0.717, 1.165) is 91.1 Å². The van der Waals surface area contributed by atoms with E-state index in [9.17, 15) is 54.7 Å². The summed E-state index contributed by atoms with van der Waals surface area (Å²) in [5, 5.41) is 6.43. The van der Waals surface area contributed by atoms with Crippen LogP contribution in [0.5, 0.6) is 0 Å². The zero-order valence-electron chi connectivity index (χ0n) is 56.6. The Balaban J connectivity index is 0.00000432. The molecule has 2 atom stereocenters. The van der Waals surface area contributed by atoms with Crippen molar-refractivity contribution in [2.24, 2.45) is 0 Å². The van der Waals surface area contributed by atoms with E-state index in [1.807, 2.05) is 96.9 Å². The van der Waals surface area contributed by atoms with Gasteiger partial charge in [0.05, 0.1) is 29.5 Å². The van der Waals surface area contributed by atoms with E-state index in [2.05, 4.69) is 32.6 Å². The van der Waals surface area contributed by atoms with Crippen LogP contribution in [-0.4, -0.2) is 177 Å². The first-order valence-electron chi connectivity index (χ1n) is 33.9. The van der Waals surface area contributed by atoms with Gasteiger partial charge in [-0.05, 0) is 160 Å². The lowest BCUT2D eigenvalue weighted by atomic mass is 9.72. The van der Waals surface area contributed by atoms with Crippen LogP contribution >= 0.6 is 37.2 Å². The van der Waals surface area contributed by atoms with Crippen LogP contribution in [0.2, 0.25) is 0 Å². The summed E-state index contributed by atoms with van der Waals surface area (Å²) in [5.41, 5.74) is 2.40. The molecule has 1 aliphatic carbocycles. The van der Waals surface area contributed by atoms with E-state index < -0.39 is 64.6 Å². The van der Waals surface area contributed by atoms with Crippen molar-refractivity contribution >= 4 is 78.3 Å². The third-order valence-electron chi connectivity index (χ3n) is 20.3. The van der Waals surface area contributed by atoms with E-state index in [0.29, 0.717) is 113 Å². The van der Waals surface area contributed by atoms with Crippen molar-refractivity contribution in [3.63, 3.8) is 0 Å². The number of ether oxygens (including phenoxy) is 3. The van der Waals surface area contributed by atoms with Crippen LogP contribution in [0.3, 0.4) is 0 Å². The van der Waals surface area contributed by atoms with Gasteiger partial charge in [-0.15, -0.1) is 37.2 Å². The number of likely N-dealkylation sites (tertiary alicyclic amines) is 2. The minimum Gasteiger partial charge on any atom is -0.446 e. The van der Waals surface area contributed by atoms with Crippen molar-refractivity contribution in [2.75, 3.05) is 117 Å². The zero-order chi connectivity index (χ0) is 69.2. The molecule has 0 bridgehead atoms. The van der Waals surface area contributed by atoms with Crippen LogP contribution in [0, 0.1) is 5.82 Å². The smallest absolute Gasteiger partial charge is 0.416 e. The number of anilines is 2. The lowest BCUT2D eigenvalue weighted by Gasteiger charge is -2.44. The third-order valence-corrected chi connectivity index (χ3v) is 20.3. The molecule has 101 heavy (non-hydrogen) atoms. The number of rotatable bonds is 25. The summed E-state index contributed by atoms with van der Waals surface area (Å²) < 4.78 is 116. The highest BCUT2D eigenvalue weighted by Crippen LogP contribution is 2.49. The second-order valence-electron chi connectivity index (χ2n) is 26.6. The van der Waals surface area contributed by atoms with Gasteiger partial charge >= 0.3 is 18.4 Å². The monoisotopic (exact) mass is 1470 g/mol. The van der Waals surface area contributed by atoms with Gasteiger partial charge in [0, 0.05) is 107 Å². The van der Waals surface area contributed by atoms with Gasteiger partial charge in [-0.3, -0.25) is 24.5 Å². The highest BCUT2D eigenvalue weighted by atomic mass is 35.5. The van der Waals surface area contributed by atoms with Crippen molar-refractivity contribution in [3.05, 3.63) is 190 Å². The highest BCUT2D eigenvalue weighted by molar-refractivity contribution is 5.97. The number of carbonyl (C=O) groups is 5. The van der Waals surface area contributed by atoms with Crippen molar-refractivity contribution < 1.29 is 68.9 Å². The first-order chi connectivity index (χ1) is 47.0. The number of hydrogen-bond donors (Lipinski definition) is 2. The third kappa shape index (κ3) is 19.6. The standard InChI is InChI=1S/C75H85F7N8O8.3ClH/c1-85(34-13-35-89-38-27-53-46-60(25-26-63(53)70(89)94)83-33-12-4-7-20-67(91)86(2)42-43-87-36-28-61(29-37-87)98-71(95)84-65-19-11-9-17-62(65)52-14-5-3-6-15-52)68(92)49-96-66-47-54-16-8-10-18-64(54)72(66)30-39-88(40-31-72)41-32-73(56-21-23-59(76)24-22-56)50-90(51-97-73)69(93)55-44-57(74(77,78)79)48-58(45-55)75(80,81)82;;;/h3,5-6,8-11,14-19,21-26,44-46,48,61,66,83H,4,7,12-13,20,27-43,47,49-51H2,1-2H3,(H,84,95);3*1H/t66-,73-;;;/m0.../s1. The molecule has 0 unspecified atom stereocenters. The Morgan fingerprint density at radius 1 is 0.663 bits per heavy atom. The van der Waals surface area contributed by atoms with Gasteiger partial charge in [0.25, 0.3) is 11.8 Å². The number of fused-ring (bicyclic) bond motifs is 3. The molecular formula is C75H88Cl3F7N8O8. The minimum atomic E-state index is -5.15. The fourth-order valence-corrected chi connectivity index (χ4v) is 14.5. The molecule has 4 heterocycles. The summed E-state index contributed by atoms with van der Waals surface area (Å²) in [7, 11) is 3.60. The number of alkyl halides is 6. The molecule has 3 fully saturated rings. The maximum atomic E-state index is 14.3. The molecule has 5 aliphatic rings. The van der Waals surface area contributed by atoms with E-state index >= 15 is 0 Å². The molecule has 1 spiro atoms. The number of piperidine rings is 2. The number of likely N-dealkylation sites (N-methyl/N-ethyl adjacent to an activating group) is 2. The Labute approximate surface area is 603 Å². The summed E-state index contributed by atoms with van der Waals surface area (Å²) >= 11 is 0. The van der Waals surface area contributed by atoms with Crippen molar-refractivity contribution in [1.82, 2.24) is 29.4 Å². The van der Waals surface area contributed by atoms with Crippen LogP contribution in [0.1, 0.15) is 118 Å². The fourth-order valence-electron chi connectivity index (χ4n) is 14.5. The van der Waals surface area contributed by atoms with Crippen LogP contribution in [0.4, 0.5) is 46.9 Å². The maximum Gasteiger partial charge on any atom is 0.416 e. The van der Waals surface area contributed by atoms with Crippen LogP contribution in [-0.2, 0) is 60.0 Å². The highest BCUT2D eigenvalue weighted by Gasteiger charge is 2.50. The Morgan fingerprint density at radius 2 is 1.33 bits per heavy atom. The number of nitrogens with one attached hydrogen (secondary N) is 2. The molecule has 6 aromatic rings. The van der Waals surface area contributed by atoms with Gasteiger partial charge in [-0.1, -0.05) is 91.3 Å². The van der Waals surface area contributed by atoms with Crippen molar-refractivity contribution in [1.29, 1.82) is 0 Å². The summed E-state index contributed by atoms with van der Waals surface area (Å²) in [6.07, 6.45) is -3.20. The minimum absolute atomic E-state index is 0. The zero-order valence-corrected chi connectivity index (χ0v) is 59.1. The molecule has 0 aromatic heterocycles. The first-order valence-corrected chi connectivity index (χ1v) is 33.9. The quantitative estimate of drug-likeness (QED) is 0.0415. The average Bonchev–Trinajstić information content (AvgIpc) is 1.58. The number of benzene rings is 6.